The van der Waals surface area contributed by atoms with Crippen molar-refractivity contribution >= 4 is 43.7 Å². The molecule has 0 N–H and O–H groups in total. The van der Waals surface area contributed by atoms with Gasteiger partial charge in [-0.05, 0) is 87.0 Å². The number of furan rings is 1. The number of fused-ring (bicyclic) bond motifs is 6. The van der Waals surface area contributed by atoms with Gasteiger partial charge in [0.1, 0.15) is 11.2 Å². The first-order chi connectivity index (χ1) is 33.7. The highest BCUT2D eigenvalue weighted by Gasteiger charge is 2.21. The third-order valence-electron chi connectivity index (χ3n) is 13.1. The van der Waals surface area contributed by atoms with E-state index in [9.17, 15) is 0 Å². The highest BCUT2D eigenvalue weighted by Crippen LogP contribution is 2.42. The smallest absolute Gasteiger partial charge is 0.164 e. The fourth-order valence-corrected chi connectivity index (χ4v) is 9.75. The number of rotatable bonds is 8. The molecule has 0 bridgehead atoms. The molecule has 0 saturated carbocycles. The highest BCUT2D eigenvalue weighted by molar-refractivity contribution is 6.19. The van der Waals surface area contributed by atoms with Crippen molar-refractivity contribution in [1.29, 1.82) is 0 Å². The minimum atomic E-state index is 0.574. The van der Waals surface area contributed by atoms with Gasteiger partial charge in [-0.25, -0.2) is 15.0 Å². The fourth-order valence-electron chi connectivity index (χ4n) is 9.75. The summed E-state index contributed by atoms with van der Waals surface area (Å²) in [5.41, 5.74) is 16.7. The van der Waals surface area contributed by atoms with Gasteiger partial charge >= 0.3 is 0 Å². The standard InChI is InChI=1S/C63H40N4O/c1-4-16-41(17-5-1)44-32-34-45(35-33-44)48-24-14-27-51(38-48)67-56-30-11-10-28-52(56)54-39-55-59(40-57(54)67)68-58-31-15-29-53(60(55)58)63-65-61(49-25-12-22-46(36-49)42-18-6-2-7-19-42)64-62(66-63)50-26-13-23-47(37-50)43-20-8-3-9-21-43/h1-40H. The van der Waals surface area contributed by atoms with Crippen LogP contribution in [-0.4, -0.2) is 19.5 Å². The second kappa shape index (κ2) is 16.4. The number of aromatic nitrogens is 4. The highest BCUT2D eigenvalue weighted by atomic mass is 16.3. The fraction of sp³-hybridized carbons (Fsp3) is 0. The van der Waals surface area contributed by atoms with Crippen molar-refractivity contribution < 1.29 is 4.42 Å². The average molecular weight is 869 g/mol. The molecule has 3 heterocycles. The molecular weight excluding hydrogens is 829 g/mol. The van der Waals surface area contributed by atoms with E-state index < -0.39 is 0 Å². The van der Waals surface area contributed by atoms with Gasteiger partial charge in [0.2, 0.25) is 0 Å². The number of nitrogens with zero attached hydrogens (tertiary/aromatic N) is 4. The van der Waals surface area contributed by atoms with Crippen LogP contribution >= 0.6 is 0 Å². The maximum absolute atomic E-state index is 6.82. The number of para-hydroxylation sites is 1. The summed E-state index contributed by atoms with van der Waals surface area (Å²) in [4.78, 5) is 15.8. The molecule has 0 amide bonds. The Balaban J connectivity index is 0.972. The van der Waals surface area contributed by atoms with E-state index in [1.165, 1.54) is 11.1 Å². The Kier molecular flexibility index (Phi) is 9.43. The summed E-state index contributed by atoms with van der Waals surface area (Å²) in [5, 5.41) is 4.26. The summed E-state index contributed by atoms with van der Waals surface area (Å²) < 4.78 is 9.18. The van der Waals surface area contributed by atoms with Crippen molar-refractivity contribution in [3.63, 3.8) is 0 Å². The minimum Gasteiger partial charge on any atom is -0.456 e. The van der Waals surface area contributed by atoms with Crippen molar-refractivity contribution in [2.24, 2.45) is 0 Å². The summed E-state index contributed by atoms with van der Waals surface area (Å²) in [6, 6.07) is 85.2. The lowest BCUT2D eigenvalue weighted by molar-refractivity contribution is 0.669. The zero-order valence-corrected chi connectivity index (χ0v) is 36.8. The van der Waals surface area contributed by atoms with E-state index in [1.807, 2.05) is 24.3 Å². The van der Waals surface area contributed by atoms with Gasteiger partial charge in [-0.2, -0.15) is 0 Å². The van der Waals surface area contributed by atoms with Crippen LogP contribution in [0.5, 0.6) is 0 Å². The number of hydrogen-bond acceptors (Lipinski definition) is 4. The molecule has 0 spiro atoms. The third kappa shape index (κ3) is 6.93. The Hall–Kier alpha value is -9.19. The monoisotopic (exact) mass is 868 g/mol. The third-order valence-corrected chi connectivity index (χ3v) is 13.1. The first-order valence-electron chi connectivity index (χ1n) is 22.9. The molecule has 318 valence electrons. The van der Waals surface area contributed by atoms with E-state index in [-0.39, 0.29) is 0 Å². The lowest BCUT2D eigenvalue weighted by atomic mass is 10.00. The molecule has 0 aliphatic heterocycles. The topological polar surface area (TPSA) is 56.7 Å². The molecule has 0 fully saturated rings. The van der Waals surface area contributed by atoms with Crippen molar-refractivity contribution in [3.05, 3.63) is 243 Å². The van der Waals surface area contributed by atoms with E-state index in [4.69, 9.17) is 19.4 Å². The molecule has 5 heteroatoms. The van der Waals surface area contributed by atoms with Gasteiger partial charge in [0.25, 0.3) is 0 Å². The predicted octanol–water partition coefficient (Wildman–Crippen LogP) is 16.5. The molecule has 10 aromatic carbocycles. The quantitative estimate of drug-likeness (QED) is 0.153. The van der Waals surface area contributed by atoms with E-state index in [2.05, 4.69) is 223 Å². The summed E-state index contributed by atoms with van der Waals surface area (Å²) in [7, 11) is 0. The lowest BCUT2D eigenvalue weighted by Crippen LogP contribution is -2.00. The predicted molar refractivity (Wildman–Crippen MR) is 279 cm³/mol. The van der Waals surface area contributed by atoms with Crippen LogP contribution in [0.4, 0.5) is 0 Å². The van der Waals surface area contributed by atoms with Crippen molar-refractivity contribution in [2.45, 2.75) is 0 Å². The normalized spacial score (nSPS) is 11.5. The Bertz CT molecular complexity index is 3900. The average Bonchev–Trinajstić information content (AvgIpc) is 3.95. The van der Waals surface area contributed by atoms with Gasteiger partial charge in [0, 0.05) is 50.0 Å². The van der Waals surface area contributed by atoms with Crippen LogP contribution in [-0.2, 0) is 0 Å². The second-order valence-electron chi connectivity index (χ2n) is 17.2. The Morgan fingerprint density at radius 1 is 0.279 bits per heavy atom. The Morgan fingerprint density at radius 2 is 0.750 bits per heavy atom. The summed E-state index contributed by atoms with van der Waals surface area (Å²) in [5.74, 6) is 1.76. The first-order valence-corrected chi connectivity index (χ1v) is 22.9. The molecule has 13 aromatic rings. The van der Waals surface area contributed by atoms with E-state index in [1.54, 1.807) is 0 Å². The van der Waals surface area contributed by atoms with Crippen LogP contribution in [0.1, 0.15) is 0 Å². The summed E-state index contributed by atoms with van der Waals surface area (Å²) in [6.07, 6.45) is 0. The van der Waals surface area contributed by atoms with E-state index in [0.29, 0.717) is 17.5 Å². The maximum atomic E-state index is 6.82. The van der Waals surface area contributed by atoms with E-state index in [0.717, 1.165) is 99.5 Å². The molecule has 5 nitrogen and oxygen atoms in total. The van der Waals surface area contributed by atoms with Crippen LogP contribution in [0.3, 0.4) is 0 Å². The van der Waals surface area contributed by atoms with Crippen LogP contribution < -0.4 is 0 Å². The van der Waals surface area contributed by atoms with E-state index >= 15 is 0 Å². The molecule has 0 radical (unpaired) electrons. The molecule has 0 unspecified atom stereocenters. The van der Waals surface area contributed by atoms with Crippen molar-refractivity contribution in [1.82, 2.24) is 19.5 Å². The SMILES string of the molecule is c1ccc(-c2ccc(-c3cccc(-n4c5ccccc5c5cc6c(cc54)oc4cccc(-c5nc(-c7cccc(-c8ccccc8)c7)nc(-c7cccc(-c8ccccc8)c7)n5)c46)c3)cc2)cc1. The van der Waals surface area contributed by atoms with Gasteiger partial charge in [0.15, 0.2) is 17.5 Å². The minimum absolute atomic E-state index is 0.574. The summed E-state index contributed by atoms with van der Waals surface area (Å²) >= 11 is 0. The second-order valence-corrected chi connectivity index (χ2v) is 17.2. The molecule has 0 aliphatic rings. The number of benzene rings is 10. The van der Waals surface area contributed by atoms with Gasteiger partial charge in [-0.15, -0.1) is 0 Å². The van der Waals surface area contributed by atoms with Gasteiger partial charge in [-0.1, -0.05) is 194 Å². The van der Waals surface area contributed by atoms with Crippen LogP contribution in [0.25, 0.3) is 128 Å². The first kappa shape index (κ1) is 39.2. The molecule has 0 atom stereocenters. The zero-order chi connectivity index (χ0) is 45.0. The number of hydrogen-bond donors (Lipinski definition) is 0. The Morgan fingerprint density at radius 3 is 1.38 bits per heavy atom. The molecule has 13 rings (SSSR count). The van der Waals surface area contributed by atoms with Crippen LogP contribution in [0, 0.1) is 0 Å². The largest absolute Gasteiger partial charge is 0.456 e. The van der Waals surface area contributed by atoms with Crippen LogP contribution in [0.15, 0.2) is 247 Å². The molecule has 68 heavy (non-hydrogen) atoms. The summed E-state index contributed by atoms with van der Waals surface area (Å²) in [6.45, 7) is 0. The molecule has 0 saturated heterocycles. The van der Waals surface area contributed by atoms with Crippen molar-refractivity contribution in [3.8, 4) is 84.4 Å². The van der Waals surface area contributed by atoms with Crippen LogP contribution in [0.2, 0.25) is 0 Å². The maximum Gasteiger partial charge on any atom is 0.164 e. The molecule has 3 aromatic heterocycles. The molecular formula is C63H40N4O. The van der Waals surface area contributed by atoms with Gasteiger partial charge < -0.3 is 8.98 Å². The van der Waals surface area contributed by atoms with Gasteiger partial charge in [-0.3, -0.25) is 0 Å². The Labute approximate surface area is 392 Å². The van der Waals surface area contributed by atoms with Crippen molar-refractivity contribution in [2.75, 3.05) is 0 Å². The zero-order valence-electron chi connectivity index (χ0n) is 36.8. The molecule has 0 aliphatic carbocycles. The lowest BCUT2D eigenvalue weighted by Gasteiger charge is -2.11. The van der Waals surface area contributed by atoms with Gasteiger partial charge in [0.05, 0.1) is 11.0 Å².